The molecule has 0 saturated heterocycles. The number of aliphatic hydroxyl groups excluding tert-OH is 3. The minimum Gasteiger partial charge on any atom is -0.461 e. The van der Waals surface area contributed by atoms with Gasteiger partial charge in [0.05, 0.1) is 29.6 Å². The summed E-state index contributed by atoms with van der Waals surface area (Å²) >= 11 is 1.72. The maximum absolute atomic E-state index is 13.1. The summed E-state index contributed by atoms with van der Waals surface area (Å²) in [5.41, 5.74) is 2.40. The minimum atomic E-state index is -0.917. The van der Waals surface area contributed by atoms with Gasteiger partial charge in [-0.05, 0) is 120 Å². The number of aromatic nitrogens is 1. The van der Waals surface area contributed by atoms with Crippen LogP contribution in [0.5, 0.6) is 0 Å². The molecule has 232 valence electrons. The third-order valence-corrected chi connectivity index (χ3v) is 12.2. The maximum Gasteiger partial charge on any atom is 0.314 e. The van der Waals surface area contributed by atoms with Gasteiger partial charge in [0, 0.05) is 17.5 Å². The number of thiazole rings is 1. The highest BCUT2D eigenvalue weighted by atomic mass is 32.1. The molecule has 1 aromatic rings. The van der Waals surface area contributed by atoms with E-state index in [0.717, 1.165) is 54.7 Å². The van der Waals surface area contributed by atoms with E-state index >= 15 is 0 Å². The number of esters is 1. The molecule has 7 heteroatoms. The number of fused-ring (bicyclic) bond motifs is 1. The van der Waals surface area contributed by atoms with Gasteiger partial charge in [0.25, 0.3) is 0 Å². The average molecular weight is 598 g/mol. The van der Waals surface area contributed by atoms with Crippen LogP contribution >= 0.6 is 11.3 Å². The van der Waals surface area contributed by atoms with E-state index in [1.54, 1.807) is 25.2 Å². The Hall–Kier alpha value is -1.80. The zero-order chi connectivity index (χ0) is 30.3. The summed E-state index contributed by atoms with van der Waals surface area (Å²) in [4.78, 5) is 19.0. The quantitative estimate of drug-likeness (QED) is 0.259. The first-order chi connectivity index (χ1) is 19.9. The van der Waals surface area contributed by atoms with E-state index < -0.39 is 17.6 Å². The molecule has 0 amide bonds. The summed E-state index contributed by atoms with van der Waals surface area (Å²) in [5, 5.41) is 31.3. The maximum atomic E-state index is 13.1. The molecular weight excluding hydrogens is 546 g/mol. The zero-order valence-electron chi connectivity index (χ0n) is 26.0. The molecule has 1 heterocycles. The SMILES string of the molecule is C=C1/C(=C\C=C2/CCCC3(C)C(CCCC(OC(=O)C(C)(C)CO)C4(c5ncc(C)s5)CC4)CCC23)C[C@@H](O)C[C@@H]1O. The van der Waals surface area contributed by atoms with Crippen LogP contribution in [0.2, 0.25) is 0 Å². The van der Waals surface area contributed by atoms with Crippen LogP contribution in [-0.4, -0.2) is 51.2 Å². The van der Waals surface area contributed by atoms with Crippen molar-refractivity contribution in [2.24, 2.45) is 22.7 Å². The van der Waals surface area contributed by atoms with Gasteiger partial charge in [0.15, 0.2) is 0 Å². The van der Waals surface area contributed by atoms with Crippen molar-refractivity contribution in [3.05, 3.63) is 51.5 Å². The fraction of sp³-hybridized carbons (Fsp3) is 0.714. The smallest absolute Gasteiger partial charge is 0.314 e. The van der Waals surface area contributed by atoms with Crippen LogP contribution in [-0.2, 0) is 14.9 Å². The molecule has 0 aliphatic heterocycles. The van der Waals surface area contributed by atoms with Crippen molar-refractivity contribution in [2.45, 2.75) is 128 Å². The molecule has 6 nitrogen and oxygen atoms in total. The van der Waals surface area contributed by atoms with Crippen LogP contribution in [0.3, 0.4) is 0 Å². The first-order valence-corrected chi connectivity index (χ1v) is 16.9. The Kier molecular flexibility index (Phi) is 9.26. The van der Waals surface area contributed by atoms with Crippen molar-refractivity contribution < 1.29 is 24.9 Å². The number of ether oxygens (including phenoxy) is 1. The Morgan fingerprint density at radius 3 is 2.69 bits per heavy atom. The van der Waals surface area contributed by atoms with Crippen LogP contribution in [0.4, 0.5) is 0 Å². The van der Waals surface area contributed by atoms with Gasteiger partial charge in [0.2, 0.25) is 0 Å². The Morgan fingerprint density at radius 1 is 1.26 bits per heavy atom. The fourth-order valence-corrected chi connectivity index (χ4v) is 9.08. The van der Waals surface area contributed by atoms with E-state index in [4.69, 9.17) is 9.72 Å². The molecular formula is C35H51NO5S. The molecule has 42 heavy (non-hydrogen) atoms. The molecule has 4 unspecified atom stereocenters. The zero-order valence-corrected chi connectivity index (χ0v) is 26.8. The van der Waals surface area contributed by atoms with E-state index in [1.165, 1.54) is 36.1 Å². The molecule has 5 rings (SSSR count). The number of carbonyl (C=O) groups is 1. The topological polar surface area (TPSA) is 99.9 Å². The van der Waals surface area contributed by atoms with Crippen molar-refractivity contribution in [3.8, 4) is 0 Å². The van der Waals surface area contributed by atoms with Gasteiger partial charge in [0.1, 0.15) is 11.1 Å². The molecule has 4 aliphatic rings. The second kappa shape index (κ2) is 12.3. The van der Waals surface area contributed by atoms with Gasteiger partial charge in [-0.25, -0.2) is 4.98 Å². The van der Waals surface area contributed by atoms with Gasteiger partial charge in [-0.2, -0.15) is 0 Å². The first-order valence-electron chi connectivity index (χ1n) is 16.1. The van der Waals surface area contributed by atoms with E-state index in [0.29, 0.717) is 24.7 Å². The van der Waals surface area contributed by atoms with Gasteiger partial charge < -0.3 is 20.1 Å². The summed E-state index contributed by atoms with van der Waals surface area (Å²) in [5.74, 6) is 0.876. The van der Waals surface area contributed by atoms with E-state index in [1.807, 2.05) is 6.20 Å². The summed E-state index contributed by atoms with van der Waals surface area (Å²) in [6.45, 7) is 11.9. The Balaban J connectivity index is 1.27. The summed E-state index contributed by atoms with van der Waals surface area (Å²) in [6, 6.07) is 0. The van der Waals surface area contributed by atoms with Crippen molar-refractivity contribution in [1.82, 2.24) is 4.98 Å². The lowest BCUT2D eigenvalue weighted by molar-refractivity contribution is -0.164. The van der Waals surface area contributed by atoms with E-state index in [-0.39, 0.29) is 29.5 Å². The van der Waals surface area contributed by atoms with Crippen LogP contribution in [0.25, 0.3) is 0 Å². The van der Waals surface area contributed by atoms with Crippen LogP contribution in [0.15, 0.2) is 41.6 Å². The van der Waals surface area contributed by atoms with Crippen molar-refractivity contribution in [2.75, 3.05) is 6.61 Å². The molecule has 0 aromatic carbocycles. The van der Waals surface area contributed by atoms with E-state index in [2.05, 4.69) is 32.6 Å². The molecule has 6 atom stereocenters. The minimum absolute atomic E-state index is 0.180. The third kappa shape index (κ3) is 6.22. The van der Waals surface area contributed by atoms with Crippen LogP contribution < -0.4 is 0 Å². The molecule has 4 fully saturated rings. The second-order valence-corrected chi connectivity index (χ2v) is 15.8. The standard InChI is InChI=1S/C35H51NO5S/c1-22-20-36-31(42-22)35(16-17-35)30(41-32(40)33(3,4)21-37)10-6-9-26-13-14-28-24(8-7-15-34(26,28)5)11-12-25-18-27(38)19-29(39)23(25)2/h11-12,20,26-30,37-39H,2,6-10,13-19,21H2,1,3-5H3/b24-11+,25-12-/t26?,27-,28?,29+,30?,34?/m1/s1. The molecule has 4 saturated carbocycles. The van der Waals surface area contributed by atoms with Crippen LogP contribution in [0.1, 0.15) is 108 Å². The highest BCUT2D eigenvalue weighted by molar-refractivity contribution is 7.11. The van der Waals surface area contributed by atoms with Crippen molar-refractivity contribution in [1.29, 1.82) is 0 Å². The average Bonchev–Trinajstić information content (AvgIpc) is 3.52. The highest BCUT2D eigenvalue weighted by Crippen LogP contribution is 2.59. The van der Waals surface area contributed by atoms with Crippen molar-refractivity contribution >= 4 is 17.3 Å². The Morgan fingerprint density at radius 2 is 2.02 bits per heavy atom. The van der Waals surface area contributed by atoms with Crippen molar-refractivity contribution in [3.63, 3.8) is 0 Å². The molecule has 1 aromatic heterocycles. The number of aliphatic hydroxyl groups is 3. The predicted octanol–water partition coefficient (Wildman–Crippen LogP) is 6.72. The number of hydrogen-bond donors (Lipinski definition) is 3. The second-order valence-electron chi connectivity index (χ2n) is 14.6. The summed E-state index contributed by atoms with van der Waals surface area (Å²) in [6.07, 6.45) is 16.8. The summed E-state index contributed by atoms with van der Waals surface area (Å²) in [7, 11) is 0. The Labute approximate surface area is 256 Å². The first kappa shape index (κ1) is 31.6. The molecule has 4 aliphatic carbocycles. The largest absolute Gasteiger partial charge is 0.461 e. The molecule has 0 spiro atoms. The highest BCUT2D eigenvalue weighted by Gasteiger charge is 2.56. The lowest BCUT2D eigenvalue weighted by Gasteiger charge is -2.42. The normalized spacial score (nSPS) is 33.5. The number of allylic oxidation sites excluding steroid dienone is 3. The lowest BCUT2D eigenvalue weighted by atomic mass is 9.62. The van der Waals surface area contributed by atoms with Gasteiger partial charge >= 0.3 is 5.97 Å². The number of rotatable bonds is 10. The van der Waals surface area contributed by atoms with E-state index in [9.17, 15) is 20.1 Å². The number of hydrogen-bond acceptors (Lipinski definition) is 7. The number of carbonyl (C=O) groups excluding carboxylic acids is 1. The molecule has 3 N–H and O–H groups in total. The predicted molar refractivity (Wildman–Crippen MR) is 167 cm³/mol. The fourth-order valence-electron chi connectivity index (χ4n) is 8.03. The van der Waals surface area contributed by atoms with Gasteiger partial charge in [-0.3, -0.25) is 4.79 Å². The monoisotopic (exact) mass is 597 g/mol. The van der Waals surface area contributed by atoms with Crippen LogP contribution in [0, 0.1) is 29.6 Å². The number of aryl methyl sites for hydroxylation is 1. The number of nitrogens with zero attached hydrogens (tertiary/aromatic N) is 1. The van der Waals surface area contributed by atoms with Gasteiger partial charge in [-0.15, -0.1) is 11.3 Å². The molecule has 0 bridgehead atoms. The third-order valence-electron chi connectivity index (χ3n) is 11.1. The summed E-state index contributed by atoms with van der Waals surface area (Å²) < 4.78 is 6.23. The molecule has 0 radical (unpaired) electrons. The van der Waals surface area contributed by atoms with Gasteiger partial charge in [-0.1, -0.05) is 31.2 Å². The Bertz CT molecular complexity index is 1230. The lowest BCUT2D eigenvalue weighted by Crippen LogP contribution is -2.38.